The Balaban J connectivity index is 1.85. The summed E-state index contributed by atoms with van der Waals surface area (Å²) >= 11 is 3.38. The monoisotopic (exact) mass is 345 g/mol. The topological polar surface area (TPSA) is 38.3 Å². The van der Waals surface area contributed by atoms with Gasteiger partial charge in [-0.2, -0.15) is 0 Å². The minimum absolute atomic E-state index is 0.117. The molecule has 2 aromatic rings. The second-order valence-electron chi connectivity index (χ2n) is 4.45. The van der Waals surface area contributed by atoms with Gasteiger partial charge in [-0.15, -0.1) is 0 Å². The third kappa shape index (κ3) is 5.08. The van der Waals surface area contributed by atoms with Gasteiger partial charge in [-0.3, -0.25) is 4.79 Å². The van der Waals surface area contributed by atoms with Crippen molar-refractivity contribution in [2.75, 3.05) is 7.11 Å². The van der Waals surface area contributed by atoms with Crippen LogP contribution in [0, 0.1) is 0 Å². The highest BCUT2D eigenvalue weighted by Crippen LogP contribution is 2.12. The number of carbonyl (C=O) groups excluding carboxylic acids is 1. The van der Waals surface area contributed by atoms with Crippen molar-refractivity contribution in [1.29, 1.82) is 0 Å². The normalized spacial score (nSPS) is 10.6. The number of nitrogens with one attached hydrogen (secondary N) is 1. The molecule has 1 amide bonds. The van der Waals surface area contributed by atoms with Crippen molar-refractivity contribution in [1.82, 2.24) is 5.32 Å². The molecule has 108 valence electrons. The minimum atomic E-state index is -0.117. The molecule has 21 heavy (non-hydrogen) atoms. The molecule has 0 radical (unpaired) electrons. The number of carbonyl (C=O) groups is 1. The standard InChI is InChI=1S/C17H16BrNO2/c1-21-16-9-4-13(5-10-16)6-11-17(20)19-12-14-2-7-15(18)8-3-14/h2-11H,12H2,1H3,(H,19,20)/b11-6+. The Bertz CT molecular complexity index is 618. The summed E-state index contributed by atoms with van der Waals surface area (Å²) in [6, 6.07) is 15.4. The predicted molar refractivity (Wildman–Crippen MR) is 88.0 cm³/mol. The van der Waals surface area contributed by atoms with E-state index >= 15 is 0 Å². The first-order valence-electron chi connectivity index (χ1n) is 6.52. The maximum absolute atomic E-state index is 11.7. The van der Waals surface area contributed by atoms with E-state index in [4.69, 9.17) is 4.74 Å². The summed E-state index contributed by atoms with van der Waals surface area (Å²) in [5, 5.41) is 2.85. The summed E-state index contributed by atoms with van der Waals surface area (Å²) in [5.74, 6) is 0.681. The first-order valence-corrected chi connectivity index (χ1v) is 7.31. The Kier molecular flexibility index (Phi) is 5.58. The Morgan fingerprint density at radius 1 is 1.14 bits per heavy atom. The second-order valence-corrected chi connectivity index (χ2v) is 5.37. The van der Waals surface area contributed by atoms with Gasteiger partial charge >= 0.3 is 0 Å². The van der Waals surface area contributed by atoms with E-state index in [1.165, 1.54) is 6.08 Å². The lowest BCUT2D eigenvalue weighted by molar-refractivity contribution is -0.116. The average Bonchev–Trinajstić information content (AvgIpc) is 2.53. The fourth-order valence-corrected chi connectivity index (χ4v) is 2.00. The molecule has 2 rings (SSSR count). The molecule has 0 aliphatic carbocycles. The van der Waals surface area contributed by atoms with Crippen molar-refractivity contribution in [3.63, 3.8) is 0 Å². The second kappa shape index (κ2) is 7.64. The molecule has 0 unspecified atom stereocenters. The summed E-state index contributed by atoms with van der Waals surface area (Å²) in [5.41, 5.74) is 2.01. The van der Waals surface area contributed by atoms with Crippen LogP contribution < -0.4 is 10.1 Å². The summed E-state index contributed by atoms with van der Waals surface area (Å²) < 4.78 is 6.11. The fraction of sp³-hybridized carbons (Fsp3) is 0.118. The van der Waals surface area contributed by atoms with Gasteiger partial charge in [0.05, 0.1) is 7.11 Å². The number of hydrogen-bond acceptors (Lipinski definition) is 2. The van der Waals surface area contributed by atoms with Crippen molar-refractivity contribution >= 4 is 27.9 Å². The van der Waals surface area contributed by atoms with E-state index in [1.807, 2.05) is 48.5 Å². The molecule has 0 heterocycles. The molecule has 0 saturated carbocycles. The summed E-state index contributed by atoms with van der Waals surface area (Å²) in [6.45, 7) is 0.513. The van der Waals surface area contributed by atoms with Crippen LogP contribution in [0.25, 0.3) is 6.08 Å². The molecule has 0 saturated heterocycles. The number of ether oxygens (including phenoxy) is 1. The Labute approximate surface area is 132 Å². The molecule has 1 N–H and O–H groups in total. The zero-order chi connectivity index (χ0) is 15.1. The number of hydrogen-bond donors (Lipinski definition) is 1. The average molecular weight is 346 g/mol. The first kappa shape index (κ1) is 15.3. The van der Waals surface area contributed by atoms with Crippen LogP contribution in [0.1, 0.15) is 11.1 Å². The molecule has 0 aromatic heterocycles. The smallest absolute Gasteiger partial charge is 0.244 e. The number of rotatable bonds is 5. The minimum Gasteiger partial charge on any atom is -0.497 e. The third-order valence-corrected chi connectivity index (χ3v) is 3.45. The molecular weight excluding hydrogens is 330 g/mol. The predicted octanol–water partition coefficient (Wildman–Crippen LogP) is 3.79. The lowest BCUT2D eigenvalue weighted by atomic mass is 10.2. The van der Waals surface area contributed by atoms with Gasteiger partial charge < -0.3 is 10.1 Å². The molecule has 4 heteroatoms. The third-order valence-electron chi connectivity index (χ3n) is 2.92. The lowest BCUT2D eigenvalue weighted by Gasteiger charge is -2.03. The van der Waals surface area contributed by atoms with Gasteiger partial charge in [0.25, 0.3) is 0 Å². The lowest BCUT2D eigenvalue weighted by Crippen LogP contribution is -2.20. The molecule has 0 bridgehead atoms. The summed E-state index contributed by atoms with van der Waals surface area (Å²) in [4.78, 5) is 11.7. The van der Waals surface area contributed by atoms with Gasteiger partial charge in [0.15, 0.2) is 0 Å². The van der Waals surface area contributed by atoms with Crippen LogP contribution in [0.15, 0.2) is 59.1 Å². The highest BCUT2D eigenvalue weighted by molar-refractivity contribution is 9.10. The van der Waals surface area contributed by atoms with Crippen LogP contribution in [0.2, 0.25) is 0 Å². The van der Waals surface area contributed by atoms with Gasteiger partial charge in [0, 0.05) is 17.1 Å². The van der Waals surface area contributed by atoms with E-state index in [0.717, 1.165) is 21.3 Å². The Hall–Kier alpha value is -2.07. The van der Waals surface area contributed by atoms with E-state index in [1.54, 1.807) is 13.2 Å². The van der Waals surface area contributed by atoms with E-state index in [2.05, 4.69) is 21.2 Å². The number of halogens is 1. The highest BCUT2D eigenvalue weighted by atomic mass is 79.9. The van der Waals surface area contributed by atoms with Crippen molar-refractivity contribution in [2.24, 2.45) is 0 Å². The fourth-order valence-electron chi connectivity index (χ4n) is 1.74. The maximum atomic E-state index is 11.7. The van der Waals surface area contributed by atoms with Crippen LogP contribution in [-0.4, -0.2) is 13.0 Å². The molecule has 2 aromatic carbocycles. The van der Waals surface area contributed by atoms with Crippen LogP contribution in [0.3, 0.4) is 0 Å². The molecule has 0 aliphatic rings. The summed E-state index contributed by atoms with van der Waals surface area (Å²) in [7, 11) is 1.63. The van der Waals surface area contributed by atoms with E-state index < -0.39 is 0 Å². The molecule has 3 nitrogen and oxygen atoms in total. The van der Waals surface area contributed by atoms with Crippen molar-refractivity contribution in [3.05, 3.63) is 70.2 Å². The zero-order valence-electron chi connectivity index (χ0n) is 11.7. The van der Waals surface area contributed by atoms with E-state index in [0.29, 0.717) is 6.54 Å². The molecule has 0 atom stereocenters. The van der Waals surface area contributed by atoms with Gasteiger partial charge in [0.2, 0.25) is 5.91 Å². The van der Waals surface area contributed by atoms with Crippen LogP contribution >= 0.6 is 15.9 Å². The van der Waals surface area contributed by atoms with Crippen molar-refractivity contribution in [3.8, 4) is 5.75 Å². The van der Waals surface area contributed by atoms with Crippen molar-refractivity contribution < 1.29 is 9.53 Å². The largest absolute Gasteiger partial charge is 0.497 e. The SMILES string of the molecule is COc1ccc(/C=C/C(=O)NCc2ccc(Br)cc2)cc1. The van der Waals surface area contributed by atoms with Gasteiger partial charge in [-0.25, -0.2) is 0 Å². The number of benzene rings is 2. The number of amides is 1. The highest BCUT2D eigenvalue weighted by Gasteiger charge is 1.97. The molecule has 0 aliphatic heterocycles. The van der Waals surface area contributed by atoms with E-state index in [-0.39, 0.29) is 5.91 Å². The molecule has 0 spiro atoms. The van der Waals surface area contributed by atoms with Gasteiger partial charge in [-0.05, 0) is 41.5 Å². The van der Waals surface area contributed by atoms with Gasteiger partial charge in [-0.1, -0.05) is 40.2 Å². The Morgan fingerprint density at radius 2 is 1.81 bits per heavy atom. The van der Waals surface area contributed by atoms with Gasteiger partial charge in [0.1, 0.15) is 5.75 Å². The van der Waals surface area contributed by atoms with Crippen LogP contribution in [0.4, 0.5) is 0 Å². The number of methoxy groups -OCH3 is 1. The Morgan fingerprint density at radius 3 is 2.43 bits per heavy atom. The molecule has 0 fully saturated rings. The zero-order valence-corrected chi connectivity index (χ0v) is 13.3. The van der Waals surface area contributed by atoms with Crippen LogP contribution in [-0.2, 0) is 11.3 Å². The van der Waals surface area contributed by atoms with Crippen LogP contribution in [0.5, 0.6) is 5.75 Å². The summed E-state index contributed by atoms with van der Waals surface area (Å²) in [6.07, 6.45) is 3.30. The maximum Gasteiger partial charge on any atom is 0.244 e. The van der Waals surface area contributed by atoms with E-state index in [9.17, 15) is 4.79 Å². The van der Waals surface area contributed by atoms with Crippen molar-refractivity contribution in [2.45, 2.75) is 6.54 Å². The first-order chi connectivity index (χ1) is 10.2. The quantitative estimate of drug-likeness (QED) is 0.837. The molecular formula is C17H16BrNO2.